The highest BCUT2D eigenvalue weighted by Gasteiger charge is 2.30. The number of halogens is 1. The van der Waals surface area contributed by atoms with Crippen LogP contribution in [0, 0.1) is 32.8 Å². The van der Waals surface area contributed by atoms with E-state index in [1.165, 1.54) is 4.90 Å². The lowest BCUT2D eigenvalue weighted by molar-refractivity contribution is -0.383. The number of nitriles is 2. The Bertz CT molecular complexity index is 2150. The standard InChI is InChI=1S/C20H24N6O5.C19H21N5O2.BF/c1-3-5-9-31-20-23-18(22)17(26(28)29)19(24-20)25(13-16(27)30-4-2)12-15-8-6-7-14(10-15)11-21;1-2-3-7-26-19-22-17(21)16-9-15(25)12-24(18(16)23-19)11-14-6-4-5-13(8-14)10-20;1-2/h6-8,10H,3-5,9,12-13H2,1-2H3,(H2,22,23,24);4-6,8H,2-3,7,9,11-12H2,1H3,(H2,21,22,23);. The Labute approximate surface area is 342 Å². The van der Waals surface area contributed by atoms with Gasteiger partial charge in [-0.25, -0.2) is 0 Å². The molecule has 2 aromatic carbocycles. The summed E-state index contributed by atoms with van der Waals surface area (Å²) in [6.07, 6.45) is 3.76. The number of nitrogen functional groups attached to an aromatic ring is 2. The van der Waals surface area contributed by atoms with Gasteiger partial charge in [-0.1, -0.05) is 51.0 Å². The third-order valence-corrected chi connectivity index (χ3v) is 8.33. The molecule has 2 aromatic heterocycles. The predicted octanol–water partition coefficient (Wildman–Crippen LogP) is 4.87. The normalized spacial score (nSPS) is 11.3. The number of carbonyl (C=O) groups is 2. The monoisotopic (exact) mass is 809 g/mol. The third kappa shape index (κ3) is 13.8. The molecule has 0 amide bonds. The summed E-state index contributed by atoms with van der Waals surface area (Å²) >= 11 is 0. The minimum Gasteiger partial charge on any atom is -0.465 e. The summed E-state index contributed by atoms with van der Waals surface area (Å²) in [7, 11) is 3.00. The molecule has 18 nitrogen and oxygen atoms in total. The fourth-order valence-corrected chi connectivity index (χ4v) is 5.64. The van der Waals surface area contributed by atoms with Crippen molar-refractivity contribution in [3.05, 3.63) is 86.5 Å². The number of carbonyl (C=O) groups excluding carboxylic acids is 2. The molecule has 20 heteroatoms. The van der Waals surface area contributed by atoms with Crippen LogP contribution < -0.4 is 30.7 Å². The van der Waals surface area contributed by atoms with Crippen LogP contribution in [0.15, 0.2) is 48.5 Å². The highest BCUT2D eigenvalue weighted by atomic mass is 19.1. The zero-order valence-electron chi connectivity index (χ0n) is 33.1. The van der Waals surface area contributed by atoms with Gasteiger partial charge in [0.1, 0.15) is 18.2 Å². The molecule has 0 bridgehead atoms. The van der Waals surface area contributed by atoms with Crippen molar-refractivity contribution in [2.24, 2.45) is 0 Å². The van der Waals surface area contributed by atoms with E-state index in [4.69, 9.17) is 40.5 Å². The number of anilines is 4. The van der Waals surface area contributed by atoms with Crippen molar-refractivity contribution in [3.8, 4) is 24.2 Å². The van der Waals surface area contributed by atoms with Crippen molar-refractivity contribution in [2.45, 2.75) is 66.0 Å². The maximum absolute atomic E-state index is 12.2. The van der Waals surface area contributed by atoms with Gasteiger partial charge in [-0.3, -0.25) is 19.7 Å². The molecule has 1 aliphatic heterocycles. The number of nitro groups is 1. The quantitative estimate of drug-likeness (QED) is 0.0474. The molecule has 4 aromatic rings. The second-order valence-corrected chi connectivity index (χ2v) is 12.8. The molecule has 0 atom stereocenters. The van der Waals surface area contributed by atoms with Crippen LogP contribution in [0.2, 0.25) is 0 Å². The number of hydrogen-bond donors (Lipinski definition) is 2. The van der Waals surface area contributed by atoms with Crippen LogP contribution in [-0.4, -0.2) is 77.6 Å². The Kier molecular flexibility index (Phi) is 18.7. The number of fused-ring (bicyclic) bond motifs is 1. The number of nitrogens with two attached hydrogens (primary N) is 2. The highest BCUT2D eigenvalue weighted by molar-refractivity contribution is 5.96. The SMILES string of the molecule is CCCCOc1nc(N)c([N+](=O)[O-])c(N(CC(=O)OCC)Cc2cccc(C#N)c2)n1.CCCCOc1nc(N)c2c(n1)N(Cc1cccc(C#N)c1)CC(=O)C2.[B]F. The zero-order chi connectivity index (χ0) is 43.3. The molecule has 5 rings (SSSR count). The maximum Gasteiger partial charge on any atom is 0.353 e. The molecular formula is C39H45BFN11O7. The van der Waals surface area contributed by atoms with Crippen LogP contribution in [-0.2, 0) is 33.8 Å². The van der Waals surface area contributed by atoms with Crippen LogP contribution in [0.1, 0.15) is 74.3 Å². The van der Waals surface area contributed by atoms with Crippen LogP contribution in [0.3, 0.4) is 0 Å². The summed E-state index contributed by atoms with van der Waals surface area (Å²) in [5, 5.41) is 29.9. The van der Waals surface area contributed by atoms with Gasteiger partial charge in [0.2, 0.25) is 11.6 Å². The molecule has 3 heterocycles. The average molecular weight is 810 g/mol. The topological polar surface area (TPSA) is 263 Å². The Morgan fingerprint density at radius 3 is 2.08 bits per heavy atom. The molecular weight excluding hydrogens is 764 g/mol. The number of benzene rings is 2. The van der Waals surface area contributed by atoms with E-state index in [9.17, 15) is 19.7 Å². The third-order valence-electron chi connectivity index (χ3n) is 8.33. The lowest BCUT2D eigenvalue weighted by Gasteiger charge is -2.30. The summed E-state index contributed by atoms with van der Waals surface area (Å²) < 4.78 is 25.1. The summed E-state index contributed by atoms with van der Waals surface area (Å²) in [6, 6.07) is 18.2. The second kappa shape index (κ2) is 23.9. The molecule has 308 valence electrons. The fourth-order valence-electron chi connectivity index (χ4n) is 5.64. The van der Waals surface area contributed by atoms with E-state index < -0.39 is 16.6 Å². The largest absolute Gasteiger partial charge is 0.465 e. The predicted molar refractivity (Wildman–Crippen MR) is 217 cm³/mol. The van der Waals surface area contributed by atoms with Gasteiger partial charge in [0.15, 0.2) is 5.78 Å². The van der Waals surface area contributed by atoms with Gasteiger partial charge in [0.05, 0.1) is 54.6 Å². The first-order chi connectivity index (χ1) is 28.5. The smallest absolute Gasteiger partial charge is 0.353 e. The lowest BCUT2D eigenvalue weighted by Crippen LogP contribution is -2.36. The molecule has 59 heavy (non-hydrogen) atoms. The van der Waals surface area contributed by atoms with E-state index in [0.717, 1.165) is 31.2 Å². The Hall–Kier alpha value is -7.09. The number of ketones is 1. The van der Waals surface area contributed by atoms with E-state index in [2.05, 4.69) is 41.1 Å². The Morgan fingerprint density at radius 2 is 1.51 bits per heavy atom. The van der Waals surface area contributed by atoms with E-state index in [-0.39, 0.29) is 67.9 Å². The maximum atomic E-state index is 12.2. The van der Waals surface area contributed by atoms with Crippen molar-refractivity contribution in [3.63, 3.8) is 0 Å². The first kappa shape index (κ1) is 46.3. The van der Waals surface area contributed by atoms with Crippen molar-refractivity contribution < 1.29 is 33.0 Å². The molecule has 0 aliphatic carbocycles. The molecule has 0 saturated heterocycles. The van der Waals surface area contributed by atoms with Crippen molar-refractivity contribution in [2.75, 3.05) is 54.2 Å². The van der Waals surface area contributed by atoms with Crippen molar-refractivity contribution in [1.29, 1.82) is 10.5 Å². The number of unbranched alkanes of at least 4 members (excludes halogenated alkanes) is 2. The van der Waals surface area contributed by atoms with Crippen molar-refractivity contribution >= 4 is 48.8 Å². The molecule has 0 fully saturated rings. The molecule has 1 aliphatic rings. The number of ether oxygens (including phenoxy) is 3. The van der Waals surface area contributed by atoms with E-state index >= 15 is 0 Å². The highest BCUT2D eigenvalue weighted by Crippen LogP contribution is 2.34. The van der Waals surface area contributed by atoms with Crippen LogP contribution in [0.4, 0.5) is 33.3 Å². The van der Waals surface area contributed by atoms with Gasteiger partial charge in [0.25, 0.3) is 0 Å². The summed E-state index contributed by atoms with van der Waals surface area (Å²) in [6.45, 7) is 7.13. The van der Waals surface area contributed by atoms with Crippen LogP contribution in [0.25, 0.3) is 0 Å². The van der Waals surface area contributed by atoms with Crippen molar-refractivity contribution in [1.82, 2.24) is 19.9 Å². The lowest BCUT2D eigenvalue weighted by atomic mass is 10.0. The van der Waals surface area contributed by atoms with Gasteiger partial charge < -0.3 is 39.8 Å². The van der Waals surface area contributed by atoms with Gasteiger partial charge in [0, 0.05) is 25.1 Å². The number of esters is 1. The Balaban J connectivity index is 0.000000306. The van der Waals surface area contributed by atoms with E-state index in [1.54, 1.807) is 37.3 Å². The number of nitrogens with zero attached hydrogens (tertiary/aromatic N) is 9. The fraction of sp³-hybridized carbons (Fsp3) is 0.385. The molecule has 0 spiro atoms. The first-order valence-corrected chi connectivity index (χ1v) is 18.6. The van der Waals surface area contributed by atoms with Gasteiger partial charge >= 0.3 is 31.8 Å². The van der Waals surface area contributed by atoms with Gasteiger partial charge in [-0.2, -0.15) is 30.5 Å². The van der Waals surface area contributed by atoms with Crippen LogP contribution in [0.5, 0.6) is 12.0 Å². The van der Waals surface area contributed by atoms with Gasteiger partial charge in [-0.05, 0) is 55.2 Å². The summed E-state index contributed by atoms with van der Waals surface area (Å²) in [4.78, 5) is 55.3. The Morgan fingerprint density at radius 1 is 0.932 bits per heavy atom. The molecule has 0 unspecified atom stereocenters. The molecule has 2 radical (unpaired) electrons. The van der Waals surface area contributed by atoms with Crippen LogP contribution >= 0.6 is 0 Å². The van der Waals surface area contributed by atoms with E-state index in [0.29, 0.717) is 47.8 Å². The second-order valence-electron chi connectivity index (χ2n) is 12.8. The number of Topliss-reactive ketones (excluding diaryl/α,β-unsaturated/α-hetero) is 1. The van der Waals surface area contributed by atoms with Gasteiger partial charge in [-0.15, -0.1) is 0 Å². The minimum absolute atomic E-state index is 0.0417. The van der Waals surface area contributed by atoms with E-state index in [1.807, 2.05) is 36.1 Å². The average Bonchev–Trinajstić information content (AvgIpc) is 3.22. The number of hydrogen-bond acceptors (Lipinski definition) is 17. The summed E-state index contributed by atoms with van der Waals surface area (Å²) in [5.74, 6) is -0.167. The summed E-state index contributed by atoms with van der Waals surface area (Å²) in [5.41, 5.74) is 14.6. The number of aromatic nitrogens is 4. The number of rotatable bonds is 17. The first-order valence-electron chi connectivity index (χ1n) is 18.6. The molecule has 4 N–H and O–H groups in total. The zero-order valence-corrected chi connectivity index (χ0v) is 33.1. The minimum atomic E-state index is -0.704. The molecule has 0 saturated carbocycles.